The summed E-state index contributed by atoms with van der Waals surface area (Å²) in [6, 6.07) is 9.07. The van der Waals surface area contributed by atoms with Gasteiger partial charge >= 0.3 is 0 Å². The summed E-state index contributed by atoms with van der Waals surface area (Å²) in [7, 11) is 1.72. The van der Waals surface area contributed by atoms with Crippen LogP contribution in [-0.2, 0) is 25.5 Å². The molecule has 0 radical (unpaired) electrons. The van der Waals surface area contributed by atoms with Crippen molar-refractivity contribution in [2.75, 3.05) is 33.3 Å². The standard InChI is InChI=1S/C20H26N4O4/c1-21-13-19(26)24-17(10-15-6-3-2-4-7-15)20(27)22(11-16-8-5-9-28-16)12-18(24)23(21)14-25/h2-4,6-7,14,16-18H,5,8-13H2,1H3/t16?,17-,18?/m0/s1. The Balaban J connectivity index is 1.64. The number of fused-ring (bicyclic) bond motifs is 1. The van der Waals surface area contributed by atoms with E-state index in [0.717, 1.165) is 31.4 Å². The van der Waals surface area contributed by atoms with E-state index in [9.17, 15) is 14.4 Å². The number of hydrazine groups is 1. The van der Waals surface area contributed by atoms with Crippen molar-refractivity contribution in [3.8, 4) is 0 Å². The van der Waals surface area contributed by atoms with Crippen LogP contribution in [0.1, 0.15) is 18.4 Å². The van der Waals surface area contributed by atoms with Crippen molar-refractivity contribution in [1.29, 1.82) is 0 Å². The number of benzene rings is 1. The van der Waals surface area contributed by atoms with Gasteiger partial charge in [0, 0.05) is 26.6 Å². The van der Waals surface area contributed by atoms with Gasteiger partial charge in [0.25, 0.3) is 0 Å². The number of nitrogens with zero attached hydrogens (tertiary/aromatic N) is 4. The summed E-state index contributed by atoms with van der Waals surface area (Å²) in [6.07, 6.45) is 2.63. The number of carbonyl (C=O) groups is 3. The molecular formula is C20H26N4O4. The van der Waals surface area contributed by atoms with Crippen LogP contribution >= 0.6 is 0 Å². The summed E-state index contributed by atoms with van der Waals surface area (Å²) in [6.45, 7) is 1.61. The van der Waals surface area contributed by atoms with E-state index in [2.05, 4.69) is 0 Å². The van der Waals surface area contributed by atoms with Gasteiger partial charge in [-0.15, -0.1) is 0 Å². The van der Waals surface area contributed by atoms with E-state index in [1.165, 1.54) is 5.01 Å². The molecule has 3 saturated heterocycles. The van der Waals surface area contributed by atoms with Gasteiger partial charge in [-0.25, -0.2) is 5.01 Å². The lowest BCUT2D eigenvalue weighted by atomic mass is 9.98. The molecule has 0 aromatic heterocycles. The predicted molar refractivity (Wildman–Crippen MR) is 101 cm³/mol. The number of ether oxygens (including phenoxy) is 1. The Kier molecular flexibility index (Phi) is 5.32. The molecule has 3 amide bonds. The maximum Gasteiger partial charge on any atom is 0.246 e. The van der Waals surface area contributed by atoms with E-state index >= 15 is 0 Å². The molecule has 0 saturated carbocycles. The van der Waals surface area contributed by atoms with Crippen molar-refractivity contribution in [1.82, 2.24) is 19.8 Å². The number of amides is 3. The summed E-state index contributed by atoms with van der Waals surface area (Å²) in [5, 5.41) is 3.14. The number of hydrogen-bond donors (Lipinski definition) is 0. The number of rotatable bonds is 5. The van der Waals surface area contributed by atoms with Gasteiger partial charge in [-0.3, -0.25) is 19.4 Å². The molecule has 3 heterocycles. The molecule has 8 heteroatoms. The Morgan fingerprint density at radius 2 is 2.00 bits per heavy atom. The van der Waals surface area contributed by atoms with Crippen molar-refractivity contribution < 1.29 is 19.1 Å². The van der Waals surface area contributed by atoms with Crippen molar-refractivity contribution in [2.24, 2.45) is 0 Å². The Morgan fingerprint density at radius 3 is 2.68 bits per heavy atom. The largest absolute Gasteiger partial charge is 0.376 e. The molecule has 150 valence electrons. The molecule has 0 bridgehead atoms. The van der Waals surface area contributed by atoms with Gasteiger partial charge in [0.15, 0.2) is 0 Å². The lowest BCUT2D eigenvalue weighted by Gasteiger charge is -2.53. The monoisotopic (exact) mass is 386 g/mol. The quantitative estimate of drug-likeness (QED) is 0.671. The highest BCUT2D eigenvalue weighted by molar-refractivity contribution is 5.91. The SMILES string of the molecule is CN1CC(=O)N2C(CN(CC3CCCO3)C(=O)[C@@H]2Cc2ccccc2)N1C=O. The normalized spacial score (nSPS) is 28.6. The maximum atomic E-state index is 13.4. The van der Waals surface area contributed by atoms with Crippen LogP contribution in [0.5, 0.6) is 0 Å². The molecule has 4 rings (SSSR count). The molecule has 1 aromatic rings. The predicted octanol–water partition coefficient (Wildman–Crippen LogP) is 0.0924. The molecule has 3 fully saturated rings. The second-order valence-electron chi connectivity index (χ2n) is 7.67. The van der Waals surface area contributed by atoms with Gasteiger partial charge in [-0.2, -0.15) is 0 Å². The molecule has 0 N–H and O–H groups in total. The van der Waals surface area contributed by atoms with Crippen LogP contribution in [0.3, 0.4) is 0 Å². The second kappa shape index (κ2) is 7.89. The number of likely N-dealkylation sites (N-methyl/N-ethyl adjacent to an activating group) is 1. The zero-order chi connectivity index (χ0) is 19.7. The summed E-state index contributed by atoms with van der Waals surface area (Å²) >= 11 is 0. The fourth-order valence-electron chi connectivity index (χ4n) is 4.42. The van der Waals surface area contributed by atoms with Crippen LogP contribution in [0.2, 0.25) is 0 Å². The van der Waals surface area contributed by atoms with Crippen LogP contribution in [0.15, 0.2) is 30.3 Å². The third-order valence-electron chi connectivity index (χ3n) is 5.82. The van der Waals surface area contributed by atoms with Crippen LogP contribution in [0.4, 0.5) is 0 Å². The Labute approximate surface area is 164 Å². The van der Waals surface area contributed by atoms with Gasteiger partial charge in [0.1, 0.15) is 12.2 Å². The average molecular weight is 386 g/mol. The van der Waals surface area contributed by atoms with Crippen molar-refractivity contribution in [2.45, 2.75) is 37.6 Å². The Morgan fingerprint density at radius 1 is 1.21 bits per heavy atom. The summed E-state index contributed by atoms with van der Waals surface area (Å²) < 4.78 is 5.72. The topological polar surface area (TPSA) is 73.4 Å². The molecule has 3 aliphatic heterocycles. The van der Waals surface area contributed by atoms with Crippen molar-refractivity contribution in [3.63, 3.8) is 0 Å². The number of carbonyl (C=O) groups excluding carboxylic acids is 3. The van der Waals surface area contributed by atoms with E-state index in [0.29, 0.717) is 19.5 Å². The van der Waals surface area contributed by atoms with Gasteiger partial charge in [0.2, 0.25) is 18.2 Å². The highest BCUT2D eigenvalue weighted by atomic mass is 16.5. The first kappa shape index (κ1) is 18.9. The van der Waals surface area contributed by atoms with Crippen molar-refractivity contribution in [3.05, 3.63) is 35.9 Å². The first-order chi connectivity index (χ1) is 13.6. The third kappa shape index (κ3) is 3.49. The minimum Gasteiger partial charge on any atom is -0.376 e. The Bertz CT molecular complexity index is 737. The van der Waals surface area contributed by atoms with Crippen LogP contribution in [0, 0.1) is 0 Å². The molecule has 2 unspecified atom stereocenters. The van der Waals surface area contributed by atoms with E-state index in [1.807, 2.05) is 30.3 Å². The van der Waals surface area contributed by atoms with E-state index in [1.54, 1.807) is 21.9 Å². The molecule has 0 spiro atoms. The minimum atomic E-state index is -0.619. The first-order valence-electron chi connectivity index (χ1n) is 9.78. The lowest BCUT2D eigenvalue weighted by molar-refractivity contribution is -0.197. The zero-order valence-electron chi connectivity index (χ0n) is 16.1. The van der Waals surface area contributed by atoms with Gasteiger partial charge in [-0.05, 0) is 18.4 Å². The highest BCUT2D eigenvalue weighted by Gasteiger charge is 2.49. The fraction of sp³-hybridized carbons (Fsp3) is 0.550. The van der Waals surface area contributed by atoms with Gasteiger partial charge < -0.3 is 14.5 Å². The van der Waals surface area contributed by atoms with Gasteiger partial charge in [0.05, 0.1) is 19.2 Å². The fourth-order valence-corrected chi connectivity index (χ4v) is 4.42. The summed E-state index contributed by atoms with van der Waals surface area (Å²) in [4.78, 5) is 41.3. The molecule has 3 aliphatic rings. The molecule has 1 aromatic carbocycles. The minimum absolute atomic E-state index is 0.0228. The maximum absolute atomic E-state index is 13.4. The van der Waals surface area contributed by atoms with E-state index in [4.69, 9.17) is 4.74 Å². The molecule has 8 nitrogen and oxygen atoms in total. The number of hydrogen-bond acceptors (Lipinski definition) is 5. The third-order valence-corrected chi connectivity index (χ3v) is 5.82. The summed E-state index contributed by atoms with van der Waals surface area (Å²) in [5.74, 6) is -0.198. The van der Waals surface area contributed by atoms with Crippen LogP contribution in [0.25, 0.3) is 0 Å². The molecule has 3 atom stereocenters. The van der Waals surface area contributed by atoms with Crippen LogP contribution < -0.4 is 0 Å². The number of piperazine rings is 1. The average Bonchev–Trinajstić information content (AvgIpc) is 3.19. The lowest BCUT2D eigenvalue weighted by Crippen LogP contribution is -2.74. The molecule has 28 heavy (non-hydrogen) atoms. The molecule has 0 aliphatic carbocycles. The summed E-state index contributed by atoms with van der Waals surface area (Å²) in [5.41, 5.74) is 0.989. The van der Waals surface area contributed by atoms with Gasteiger partial charge in [-0.1, -0.05) is 30.3 Å². The Hall–Kier alpha value is -2.45. The van der Waals surface area contributed by atoms with Crippen LogP contribution in [-0.4, -0.2) is 89.6 Å². The van der Waals surface area contributed by atoms with E-state index in [-0.39, 0.29) is 24.5 Å². The highest BCUT2D eigenvalue weighted by Crippen LogP contribution is 2.27. The van der Waals surface area contributed by atoms with E-state index < -0.39 is 12.2 Å². The van der Waals surface area contributed by atoms with Crippen molar-refractivity contribution >= 4 is 18.2 Å². The smallest absolute Gasteiger partial charge is 0.246 e. The molecular weight excluding hydrogens is 360 g/mol. The zero-order valence-corrected chi connectivity index (χ0v) is 16.1. The first-order valence-corrected chi connectivity index (χ1v) is 9.78. The second-order valence-corrected chi connectivity index (χ2v) is 7.67.